The van der Waals surface area contributed by atoms with E-state index in [1.54, 1.807) is 0 Å². The molecule has 224 valence electrons. The zero-order chi connectivity index (χ0) is 29.4. The normalized spacial score (nSPS) is 20.6. The number of para-hydroxylation sites is 1. The van der Waals surface area contributed by atoms with E-state index in [1.165, 1.54) is 19.3 Å². The molecule has 1 aliphatic rings. The first-order chi connectivity index (χ1) is 18.5. The Hall–Kier alpha value is -2.03. The lowest BCUT2D eigenvalue weighted by Crippen LogP contribution is -2.41. The molecule has 0 aliphatic carbocycles. The third-order valence-corrected chi connectivity index (χ3v) is 6.84. The summed E-state index contributed by atoms with van der Waals surface area (Å²) in [6.07, 6.45) is 3.97. The highest BCUT2D eigenvalue weighted by Crippen LogP contribution is 2.35. The summed E-state index contributed by atoms with van der Waals surface area (Å²) in [5.41, 5.74) is 1.47. The van der Waals surface area contributed by atoms with E-state index in [0.717, 1.165) is 24.0 Å². The van der Waals surface area contributed by atoms with Crippen LogP contribution >= 0.6 is 0 Å². The van der Waals surface area contributed by atoms with Crippen molar-refractivity contribution >= 4 is 6.16 Å². The van der Waals surface area contributed by atoms with Gasteiger partial charge >= 0.3 is 6.16 Å². The minimum Gasteiger partial charge on any atom is -0.433 e. The summed E-state index contributed by atoms with van der Waals surface area (Å²) in [6.45, 7) is 17.1. The average Bonchev–Trinajstić information content (AvgIpc) is 2.87. The molecule has 8 heteroatoms. The Morgan fingerprint density at radius 2 is 1.67 bits per heavy atom. The second kappa shape index (κ2) is 18.3. The molecule has 0 amide bonds. The van der Waals surface area contributed by atoms with Gasteiger partial charge in [0.2, 0.25) is 0 Å². The molecule has 1 aromatic carbocycles. The van der Waals surface area contributed by atoms with Crippen molar-refractivity contribution in [3.05, 3.63) is 34.2 Å². The van der Waals surface area contributed by atoms with E-state index in [9.17, 15) is 14.8 Å². The van der Waals surface area contributed by atoms with Gasteiger partial charge in [0, 0.05) is 18.3 Å². The van der Waals surface area contributed by atoms with Crippen LogP contribution in [-0.2, 0) is 14.2 Å². The van der Waals surface area contributed by atoms with Gasteiger partial charge in [0.1, 0.15) is 18.9 Å². The third kappa shape index (κ3) is 12.8. The first-order valence-electron chi connectivity index (χ1n) is 14.7. The molecule has 1 aromatic rings. The van der Waals surface area contributed by atoms with Gasteiger partial charge in [-0.05, 0) is 29.4 Å². The lowest BCUT2D eigenvalue weighted by atomic mass is 9.87. The van der Waals surface area contributed by atoms with E-state index < -0.39 is 30.1 Å². The Morgan fingerprint density at radius 1 is 1.05 bits per heavy atom. The van der Waals surface area contributed by atoms with E-state index in [-0.39, 0.29) is 31.6 Å². The van der Waals surface area contributed by atoms with Crippen molar-refractivity contribution in [1.82, 2.24) is 0 Å². The first-order valence-corrected chi connectivity index (χ1v) is 14.7. The molecule has 1 saturated heterocycles. The molecule has 0 aromatic heterocycles. The summed E-state index contributed by atoms with van der Waals surface area (Å²) >= 11 is 0. The quantitative estimate of drug-likeness (QED) is 0.141. The zero-order valence-electron chi connectivity index (χ0n) is 25.5. The third-order valence-electron chi connectivity index (χ3n) is 6.84. The van der Waals surface area contributed by atoms with Gasteiger partial charge in [-0.3, -0.25) is 0 Å². The van der Waals surface area contributed by atoms with Crippen LogP contribution in [-0.4, -0.2) is 49.5 Å². The standard InChI is InChI=1S/C26H41NO7.C5H12/c1-7-11-26(6,15-31-23-13-19(28)12-20(33-23)14-27-30)16-32-25(29)34-24-21(17(2)3)9-8-10-22(24)18(4)5;1-3-5-4-2/h8-10,17-20,23,28H,7,11-16H2,1-6H3;3-5H2,1-2H3/t19-,20-,23+,26?;/m0./s1. The maximum absolute atomic E-state index is 12.7. The van der Waals surface area contributed by atoms with Gasteiger partial charge in [0.15, 0.2) is 6.29 Å². The van der Waals surface area contributed by atoms with Gasteiger partial charge in [0.05, 0.1) is 18.8 Å². The van der Waals surface area contributed by atoms with Crippen LogP contribution in [0.5, 0.6) is 5.75 Å². The number of carbonyl (C=O) groups excluding carboxylic acids is 1. The number of aliphatic hydroxyl groups is 1. The smallest absolute Gasteiger partial charge is 0.433 e. The highest BCUT2D eigenvalue weighted by Gasteiger charge is 2.33. The van der Waals surface area contributed by atoms with Crippen molar-refractivity contribution in [1.29, 1.82) is 0 Å². The number of benzene rings is 1. The van der Waals surface area contributed by atoms with Crippen molar-refractivity contribution in [3.63, 3.8) is 0 Å². The second-order valence-corrected chi connectivity index (χ2v) is 11.6. The molecule has 1 heterocycles. The molecule has 1 aliphatic heterocycles. The van der Waals surface area contributed by atoms with Crippen molar-refractivity contribution in [3.8, 4) is 5.75 Å². The molecule has 0 radical (unpaired) electrons. The predicted octanol–water partition coefficient (Wildman–Crippen LogP) is 8.10. The van der Waals surface area contributed by atoms with Crippen LogP contribution in [0.2, 0.25) is 0 Å². The van der Waals surface area contributed by atoms with Crippen LogP contribution in [0.1, 0.15) is 123 Å². The maximum atomic E-state index is 12.7. The molecule has 39 heavy (non-hydrogen) atoms. The number of aliphatic hydroxyl groups excluding tert-OH is 1. The minimum atomic E-state index is -0.737. The molecule has 4 atom stereocenters. The van der Waals surface area contributed by atoms with E-state index >= 15 is 0 Å². The van der Waals surface area contributed by atoms with E-state index in [0.29, 0.717) is 18.6 Å². The van der Waals surface area contributed by atoms with Crippen molar-refractivity contribution in [2.75, 3.05) is 19.8 Å². The fraction of sp³-hybridized carbons (Fsp3) is 0.774. The largest absolute Gasteiger partial charge is 0.513 e. The molecule has 8 nitrogen and oxygen atoms in total. The second-order valence-electron chi connectivity index (χ2n) is 11.6. The molecule has 1 fully saturated rings. The summed E-state index contributed by atoms with van der Waals surface area (Å²) in [6, 6.07) is 5.93. The van der Waals surface area contributed by atoms with Crippen LogP contribution in [0.4, 0.5) is 4.79 Å². The lowest BCUT2D eigenvalue weighted by molar-refractivity contribution is -0.224. The zero-order valence-corrected chi connectivity index (χ0v) is 25.5. The monoisotopic (exact) mass is 551 g/mol. The summed E-state index contributed by atoms with van der Waals surface area (Å²) in [7, 11) is 0. The fourth-order valence-electron chi connectivity index (χ4n) is 4.64. The summed E-state index contributed by atoms with van der Waals surface area (Å²) in [5.74, 6) is 0.971. The van der Waals surface area contributed by atoms with E-state index in [4.69, 9.17) is 18.9 Å². The predicted molar refractivity (Wildman–Crippen MR) is 155 cm³/mol. The Labute approximate surface area is 236 Å². The van der Waals surface area contributed by atoms with Crippen molar-refractivity contribution in [2.24, 2.45) is 10.6 Å². The Bertz CT molecular complexity index is 816. The lowest BCUT2D eigenvalue weighted by Gasteiger charge is -2.35. The van der Waals surface area contributed by atoms with Crippen LogP contribution in [0.3, 0.4) is 0 Å². The molecule has 0 bridgehead atoms. The van der Waals surface area contributed by atoms with E-state index in [2.05, 4.69) is 53.6 Å². The molecule has 1 unspecified atom stereocenters. The average molecular weight is 552 g/mol. The SMILES string of the molecule is CCCC(C)(COC(=O)Oc1c(C(C)C)cccc1C(C)C)CO[C@H]1C[C@@H](O)C[C@@H](CN=O)O1.CCCCC. The number of carbonyl (C=O) groups is 1. The number of nitrogens with zero attached hydrogens (tertiary/aromatic N) is 1. The maximum Gasteiger partial charge on any atom is 0.513 e. The molecular formula is C31H53NO7. The molecule has 0 saturated carbocycles. The Balaban J connectivity index is 0.00000139. The van der Waals surface area contributed by atoms with Gasteiger partial charge in [-0.2, -0.15) is 4.91 Å². The fourth-order valence-corrected chi connectivity index (χ4v) is 4.64. The van der Waals surface area contributed by atoms with Gasteiger partial charge in [-0.15, -0.1) is 0 Å². The van der Waals surface area contributed by atoms with Gasteiger partial charge in [0.25, 0.3) is 0 Å². The summed E-state index contributed by atoms with van der Waals surface area (Å²) in [5, 5.41) is 12.9. The summed E-state index contributed by atoms with van der Waals surface area (Å²) < 4.78 is 23.0. The van der Waals surface area contributed by atoms with Crippen LogP contribution < -0.4 is 4.74 Å². The number of rotatable bonds is 14. The Kier molecular flexibility index (Phi) is 16.5. The highest BCUT2D eigenvalue weighted by molar-refractivity contribution is 5.66. The number of unbranched alkanes of at least 4 members (excludes halogenated alkanes) is 2. The van der Waals surface area contributed by atoms with Crippen molar-refractivity contribution in [2.45, 2.75) is 131 Å². The van der Waals surface area contributed by atoms with E-state index in [1.807, 2.05) is 25.1 Å². The van der Waals surface area contributed by atoms with Crippen LogP contribution in [0, 0.1) is 10.3 Å². The van der Waals surface area contributed by atoms with Gasteiger partial charge in [-0.25, -0.2) is 4.79 Å². The van der Waals surface area contributed by atoms with Gasteiger partial charge in [-0.1, -0.05) is 104 Å². The van der Waals surface area contributed by atoms with Crippen LogP contribution in [0.15, 0.2) is 23.4 Å². The molecular weight excluding hydrogens is 498 g/mol. The number of ether oxygens (including phenoxy) is 4. The Morgan fingerprint density at radius 3 is 2.15 bits per heavy atom. The van der Waals surface area contributed by atoms with Gasteiger partial charge < -0.3 is 24.1 Å². The van der Waals surface area contributed by atoms with Crippen molar-refractivity contribution < 1.29 is 28.8 Å². The minimum absolute atomic E-state index is 0.0195. The number of hydrogen-bond acceptors (Lipinski definition) is 8. The molecule has 1 N–H and O–H groups in total. The molecule has 2 rings (SSSR count). The topological polar surface area (TPSA) is 104 Å². The van der Waals surface area contributed by atoms with Crippen LogP contribution in [0.25, 0.3) is 0 Å². The molecule has 0 spiro atoms. The summed E-state index contributed by atoms with van der Waals surface area (Å²) in [4.78, 5) is 23.3. The highest BCUT2D eigenvalue weighted by atomic mass is 16.7. The number of nitroso groups, excluding NO2 is 1. The first kappa shape index (κ1) is 35.0. The number of hydrogen-bond donors (Lipinski definition) is 1.